The molecular weight excluding hydrogens is 543 g/mol. The Morgan fingerprint density at radius 2 is 1.68 bits per heavy atom. The van der Waals surface area contributed by atoms with Crippen LogP contribution in [-0.2, 0) is 14.8 Å². The molecule has 3 N–H and O–H groups in total. The van der Waals surface area contributed by atoms with E-state index in [-0.39, 0.29) is 26.9 Å². The predicted octanol–water partition coefficient (Wildman–Crippen LogP) is 3.62. The monoisotopic (exact) mass is 567 g/mol. The van der Waals surface area contributed by atoms with Gasteiger partial charge in [0, 0.05) is 36.9 Å². The van der Waals surface area contributed by atoms with Crippen LogP contribution in [0.1, 0.15) is 17.3 Å². The van der Waals surface area contributed by atoms with Gasteiger partial charge in [-0.1, -0.05) is 18.5 Å². The lowest BCUT2D eigenvalue weighted by molar-refractivity contribution is -0.192. The molecular formula is C22H25ClF3N3O7S. The van der Waals surface area contributed by atoms with E-state index >= 15 is 0 Å². The van der Waals surface area contributed by atoms with Crippen molar-refractivity contribution < 1.29 is 46.1 Å². The van der Waals surface area contributed by atoms with Crippen molar-refractivity contribution in [2.24, 2.45) is 0 Å². The second kappa shape index (κ2) is 12.3. The number of ether oxygens (including phenoxy) is 1. The van der Waals surface area contributed by atoms with Crippen LogP contribution in [0.15, 0.2) is 41.3 Å². The van der Waals surface area contributed by atoms with Gasteiger partial charge in [0.2, 0.25) is 0 Å². The van der Waals surface area contributed by atoms with Gasteiger partial charge >= 0.3 is 18.1 Å². The van der Waals surface area contributed by atoms with Crippen LogP contribution in [0.2, 0.25) is 5.02 Å². The van der Waals surface area contributed by atoms with Gasteiger partial charge < -0.3 is 24.7 Å². The number of piperazine rings is 1. The molecule has 10 nitrogen and oxygen atoms in total. The van der Waals surface area contributed by atoms with E-state index in [4.69, 9.17) is 26.2 Å². The number of halogens is 4. The number of hydrogen-bond acceptors (Lipinski definition) is 7. The summed E-state index contributed by atoms with van der Waals surface area (Å²) in [5, 5.41) is 17.0. The van der Waals surface area contributed by atoms with Crippen LogP contribution < -0.4 is 14.4 Å². The molecule has 1 aliphatic rings. The SMILES string of the molecule is CCN1CCN(c2ccc(NS(=O)(=O)c3cc(Cl)ccc3OC)c(C(=O)O)c2)CC1.O=C(O)C(F)(F)F. The predicted molar refractivity (Wildman–Crippen MR) is 130 cm³/mol. The fraction of sp³-hybridized carbons (Fsp3) is 0.364. The van der Waals surface area contributed by atoms with Crippen LogP contribution in [0.4, 0.5) is 24.5 Å². The molecule has 0 radical (unpaired) electrons. The highest BCUT2D eigenvalue weighted by Gasteiger charge is 2.38. The van der Waals surface area contributed by atoms with E-state index in [0.717, 1.165) is 38.4 Å². The number of sulfonamides is 1. The highest BCUT2D eigenvalue weighted by atomic mass is 35.5. The van der Waals surface area contributed by atoms with E-state index in [0.29, 0.717) is 0 Å². The van der Waals surface area contributed by atoms with Crippen molar-refractivity contribution in [2.75, 3.05) is 49.5 Å². The van der Waals surface area contributed by atoms with Gasteiger partial charge in [0.25, 0.3) is 10.0 Å². The summed E-state index contributed by atoms with van der Waals surface area (Å²) < 4.78 is 65.0. The Morgan fingerprint density at radius 1 is 1.08 bits per heavy atom. The Hall–Kier alpha value is -3.23. The quantitative estimate of drug-likeness (QED) is 0.458. The third-order valence-electron chi connectivity index (χ3n) is 5.32. The minimum atomic E-state index is -5.08. The number of likely N-dealkylation sites (N-methyl/N-ethyl adjacent to an activating group) is 1. The van der Waals surface area contributed by atoms with Crippen molar-refractivity contribution >= 4 is 44.9 Å². The van der Waals surface area contributed by atoms with Crippen LogP contribution in [0.25, 0.3) is 0 Å². The van der Waals surface area contributed by atoms with Gasteiger partial charge in [-0.15, -0.1) is 0 Å². The second-order valence-corrected chi connectivity index (χ2v) is 9.75. The van der Waals surface area contributed by atoms with E-state index < -0.39 is 28.1 Å². The molecule has 1 saturated heterocycles. The van der Waals surface area contributed by atoms with E-state index in [1.54, 1.807) is 6.07 Å². The first-order valence-electron chi connectivity index (χ1n) is 10.7. The van der Waals surface area contributed by atoms with Gasteiger partial charge in [0.1, 0.15) is 10.6 Å². The molecule has 0 aromatic heterocycles. The topological polar surface area (TPSA) is 136 Å². The smallest absolute Gasteiger partial charge is 0.490 e. The van der Waals surface area contributed by atoms with Crippen LogP contribution in [0.3, 0.4) is 0 Å². The molecule has 37 heavy (non-hydrogen) atoms. The van der Waals surface area contributed by atoms with Gasteiger partial charge in [-0.2, -0.15) is 13.2 Å². The number of carbonyl (C=O) groups is 2. The molecule has 204 valence electrons. The summed E-state index contributed by atoms with van der Waals surface area (Å²) >= 11 is 5.94. The minimum absolute atomic E-state index is 0.0273. The van der Waals surface area contributed by atoms with E-state index in [2.05, 4.69) is 21.4 Å². The number of nitrogens with one attached hydrogen (secondary N) is 1. The molecule has 0 atom stereocenters. The number of nitrogens with zero attached hydrogens (tertiary/aromatic N) is 2. The van der Waals surface area contributed by atoms with Gasteiger partial charge in [-0.05, 0) is 42.9 Å². The number of alkyl halides is 3. The molecule has 2 aromatic carbocycles. The number of carboxylic acid groups (broad SMARTS) is 2. The first-order valence-corrected chi connectivity index (χ1v) is 12.6. The average molecular weight is 568 g/mol. The number of methoxy groups -OCH3 is 1. The number of aromatic carboxylic acids is 1. The molecule has 0 bridgehead atoms. The maximum absolute atomic E-state index is 12.9. The number of rotatable bonds is 7. The number of aliphatic carboxylic acids is 1. The third-order valence-corrected chi connectivity index (χ3v) is 6.94. The third kappa shape index (κ3) is 8.13. The van der Waals surface area contributed by atoms with Crippen LogP contribution in [-0.4, -0.2) is 81.5 Å². The molecule has 0 unspecified atom stereocenters. The first-order chi connectivity index (χ1) is 17.2. The maximum atomic E-state index is 12.9. The van der Waals surface area contributed by atoms with E-state index in [1.807, 2.05) is 0 Å². The van der Waals surface area contributed by atoms with Gasteiger partial charge in [-0.25, -0.2) is 18.0 Å². The van der Waals surface area contributed by atoms with Crippen LogP contribution >= 0.6 is 11.6 Å². The molecule has 15 heteroatoms. The van der Waals surface area contributed by atoms with Gasteiger partial charge in [0.15, 0.2) is 0 Å². The summed E-state index contributed by atoms with van der Waals surface area (Å²) in [5.41, 5.74) is 0.585. The average Bonchev–Trinajstić information content (AvgIpc) is 2.83. The molecule has 0 amide bonds. The molecule has 0 aliphatic carbocycles. The first kappa shape index (κ1) is 30.0. The standard InChI is InChI=1S/C20H24ClN3O5S.C2HF3O2/c1-3-23-8-10-24(11-9-23)15-5-6-17(16(13-15)20(25)26)22-30(27,28)19-12-14(21)4-7-18(19)29-2;3-2(4,5)1(6)7/h4-7,12-13,22H,3,8-11H2,1-2H3,(H,25,26);(H,6,7). The van der Waals surface area contributed by atoms with Crippen LogP contribution in [0.5, 0.6) is 5.75 Å². The Labute approximate surface area is 216 Å². The molecule has 1 aliphatic heterocycles. The fourth-order valence-corrected chi connectivity index (χ4v) is 4.89. The highest BCUT2D eigenvalue weighted by molar-refractivity contribution is 7.92. The molecule has 2 aromatic rings. The number of anilines is 2. The lowest BCUT2D eigenvalue weighted by Crippen LogP contribution is -2.46. The Morgan fingerprint density at radius 3 is 2.16 bits per heavy atom. The van der Waals surface area contributed by atoms with Crippen molar-refractivity contribution in [1.29, 1.82) is 0 Å². The molecule has 0 saturated carbocycles. The fourth-order valence-electron chi connectivity index (χ4n) is 3.38. The molecule has 1 fully saturated rings. The lowest BCUT2D eigenvalue weighted by Gasteiger charge is -2.35. The Bertz CT molecular complexity index is 1230. The zero-order valence-electron chi connectivity index (χ0n) is 19.7. The number of hydrogen-bond donors (Lipinski definition) is 3. The lowest BCUT2D eigenvalue weighted by atomic mass is 10.1. The van der Waals surface area contributed by atoms with Crippen molar-refractivity contribution in [1.82, 2.24) is 4.90 Å². The summed E-state index contributed by atoms with van der Waals surface area (Å²) in [6.07, 6.45) is -5.08. The zero-order chi connectivity index (χ0) is 28.0. The largest absolute Gasteiger partial charge is 0.495 e. The Balaban J connectivity index is 0.000000604. The van der Waals surface area contributed by atoms with Crippen molar-refractivity contribution in [3.05, 3.63) is 47.0 Å². The maximum Gasteiger partial charge on any atom is 0.490 e. The normalized spacial score (nSPS) is 14.4. The summed E-state index contributed by atoms with van der Waals surface area (Å²) in [5.74, 6) is -3.87. The summed E-state index contributed by atoms with van der Waals surface area (Å²) in [4.78, 5) is 25.0. The summed E-state index contributed by atoms with van der Waals surface area (Å²) in [6.45, 7) is 6.41. The Kier molecular flexibility index (Phi) is 10.0. The van der Waals surface area contributed by atoms with Crippen molar-refractivity contribution in [3.8, 4) is 5.75 Å². The van der Waals surface area contributed by atoms with Gasteiger partial charge in [0.05, 0.1) is 18.4 Å². The van der Waals surface area contributed by atoms with Crippen LogP contribution in [0, 0.1) is 0 Å². The second-order valence-electron chi connectivity index (χ2n) is 7.66. The van der Waals surface area contributed by atoms with Crippen molar-refractivity contribution in [2.45, 2.75) is 18.0 Å². The van der Waals surface area contributed by atoms with Crippen molar-refractivity contribution in [3.63, 3.8) is 0 Å². The molecule has 1 heterocycles. The van der Waals surface area contributed by atoms with E-state index in [1.165, 1.54) is 37.4 Å². The summed E-state index contributed by atoms with van der Waals surface area (Å²) in [6, 6.07) is 8.89. The number of carboxylic acids is 2. The molecule has 3 rings (SSSR count). The number of benzene rings is 2. The zero-order valence-corrected chi connectivity index (χ0v) is 21.3. The minimum Gasteiger partial charge on any atom is -0.495 e. The summed E-state index contributed by atoms with van der Waals surface area (Å²) in [7, 11) is -2.78. The highest BCUT2D eigenvalue weighted by Crippen LogP contribution is 2.31. The van der Waals surface area contributed by atoms with Gasteiger partial charge in [-0.3, -0.25) is 4.72 Å². The van der Waals surface area contributed by atoms with E-state index in [9.17, 15) is 31.5 Å². The molecule has 0 spiro atoms.